The van der Waals surface area contributed by atoms with Gasteiger partial charge in [-0.1, -0.05) is 35.3 Å². The van der Waals surface area contributed by atoms with Crippen LogP contribution in [0.4, 0.5) is 0 Å². The second-order valence-electron chi connectivity index (χ2n) is 4.95. The topological polar surface area (TPSA) is 42.9 Å². The van der Waals surface area contributed by atoms with Crippen LogP contribution in [0, 0.1) is 5.41 Å². The summed E-state index contributed by atoms with van der Waals surface area (Å²) in [5, 5.41) is 9.27. The normalized spacial score (nSPS) is 10.6. The van der Waals surface area contributed by atoms with Crippen LogP contribution in [0.2, 0.25) is 10.0 Å². The molecule has 0 radical (unpaired) electrons. The van der Waals surface area contributed by atoms with Crippen molar-refractivity contribution in [3.63, 3.8) is 0 Å². The molecular weight excluding hydrogens is 401 g/mol. The molecular formula is C16H15BrCl2N3O-. The van der Waals surface area contributed by atoms with Crippen molar-refractivity contribution in [2.75, 3.05) is 6.61 Å². The summed E-state index contributed by atoms with van der Waals surface area (Å²) < 4.78 is 9.47. The van der Waals surface area contributed by atoms with Gasteiger partial charge in [-0.15, -0.1) is 0 Å². The Morgan fingerprint density at radius 1 is 1.09 bits per heavy atom. The van der Waals surface area contributed by atoms with E-state index in [4.69, 9.17) is 33.3 Å². The molecule has 0 spiro atoms. The molecule has 3 rings (SSSR count). The fourth-order valence-electron chi connectivity index (χ4n) is 2.45. The van der Waals surface area contributed by atoms with Crippen molar-refractivity contribution in [2.45, 2.75) is 6.54 Å². The Bertz CT molecular complexity index is 889. The van der Waals surface area contributed by atoms with Gasteiger partial charge < -0.3 is 30.9 Å². The molecule has 0 bridgehead atoms. The third kappa shape index (κ3) is 3.57. The highest BCUT2D eigenvalue weighted by atomic mass is 79.9. The standard InChI is InChI=1S/C16H15Cl2N3O.BrH/c1-20-13-4-2-3-5-14(13)21(16(20)19)8-9-22-15-7-6-11(17)10-12(15)18;/h2-7,10,19H,8-9H2,1H3;1H/p-1. The number of hydrogen-bond donors (Lipinski definition) is 1. The molecule has 0 aliphatic rings. The van der Waals surface area contributed by atoms with Crippen LogP contribution in [-0.4, -0.2) is 15.7 Å². The van der Waals surface area contributed by atoms with Crippen molar-refractivity contribution in [3.05, 3.63) is 58.1 Å². The number of rotatable bonds is 4. The summed E-state index contributed by atoms with van der Waals surface area (Å²) in [7, 11) is 1.89. The van der Waals surface area contributed by atoms with E-state index in [0.29, 0.717) is 34.6 Å². The maximum Gasteiger partial charge on any atom is 0.202 e. The van der Waals surface area contributed by atoms with Gasteiger partial charge in [-0.25, -0.2) is 0 Å². The number of aromatic nitrogens is 2. The number of nitrogens with one attached hydrogen (secondary N) is 1. The number of nitrogens with zero attached hydrogens (tertiary/aromatic N) is 2. The van der Waals surface area contributed by atoms with Crippen molar-refractivity contribution in [1.29, 1.82) is 5.41 Å². The molecule has 0 fully saturated rings. The zero-order valence-electron chi connectivity index (χ0n) is 12.4. The van der Waals surface area contributed by atoms with Gasteiger partial charge in [0.15, 0.2) is 0 Å². The molecule has 0 unspecified atom stereocenters. The molecule has 2 aromatic carbocycles. The molecule has 1 N–H and O–H groups in total. The fraction of sp³-hybridized carbons (Fsp3) is 0.188. The van der Waals surface area contributed by atoms with E-state index < -0.39 is 0 Å². The molecule has 0 amide bonds. The number of ether oxygens (including phenoxy) is 1. The Morgan fingerprint density at radius 3 is 2.48 bits per heavy atom. The van der Waals surface area contributed by atoms with Crippen LogP contribution in [0.15, 0.2) is 42.5 Å². The Hall–Kier alpha value is -1.43. The van der Waals surface area contributed by atoms with Crippen LogP contribution in [0.5, 0.6) is 5.75 Å². The van der Waals surface area contributed by atoms with E-state index in [9.17, 15) is 0 Å². The second-order valence-corrected chi connectivity index (χ2v) is 5.79. The minimum atomic E-state index is 0. The van der Waals surface area contributed by atoms with E-state index in [0.717, 1.165) is 11.0 Å². The summed E-state index contributed by atoms with van der Waals surface area (Å²) in [6.07, 6.45) is 0. The molecule has 0 saturated carbocycles. The van der Waals surface area contributed by atoms with Crippen molar-refractivity contribution in [2.24, 2.45) is 7.05 Å². The number of fused-ring (bicyclic) bond motifs is 1. The Morgan fingerprint density at radius 2 is 1.78 bits per heavy atom. The highest BCUT2D eigenvalue weighted by molar-refractivity contribution is 6.35. The van der Waals surface area contributed by atoms with Crippen LogP contribution >= 0.6 is 23.2 Å². The quantitative estimate of drug-likeness (QED) is 0.674. The summed E-state index contributed by atoms with van der Waals surface area (Å²) >= 11 is 11.9. The maximum absolute atomic E-state index is 8.20. The first-order valence-electron chi connectivity index (χ1n) is 6.84. The fourth-order valence-corrected chi connectivity index (χ4v) is 2.91. The average Bonchev–Trinajstić information content (AvgIpc) is 2.75. The highest BCUT2D eigenvalue weighted by Gasteiger charge is 2.08. The molecule has 0 aliphatic heterocycles. The zero-order chi connectivity index (χ0) is 15.7. The Labute approximate surface area is 154 Å². The smallest absolute Gasteiger partial charge is 0.202 e. The minimum Gasteiger partial charge on any atom is -1.00 e. The molecule has 0 atom stereocenters. The monoisotopic (exact) mass is 414 g/mol. The molecule has 4 nitrogen and oxygen atoms in total. The number of para-hydroxylation sites is 2. The van der Waals surface area contributed by atoms with Crippen LogP contribution in [-0.2, 0) is 13.6 Å². The van der Waals surface area contributed by atoms with Crippen LogP contribution in [0.1, 0.15) is 0 Å². The van der Waals surface area contributed by atoms with Gasteiger partial charge in [-0.2, -0.15) is 0 Å². The third-order valence-electron chi connectivity index (χ3n) is 3.57. The lowest BCUT2D eigenvalue weighted by Crippen LogP contribution is -3.00. The number of hydrogen-bond acceptors (Lipinski definition) is 2. The molecule has 7 heteroatoms. The first kappa shape index (κ1) is 17.9. The van der Waals surface area contributed by atoms with Crippen molar-refractivity contribution < 1.29 is 21.7 Å². The Kier molecular flexibility index (Phi) is 5.79. The lowest BCUT2D eigenvalue weighted by molar-refractivity contribution is -0.00000496. The van der Waals surface area contributed by atoms with Gasteiger partial charge in [0.05, 0.1) is 22.6 Å². The number of imidazole rings is 1. The van der Waals surface area contributed by atoms with E-state index in [2.05, 4.69) is 0 Å². The highest BCUT2D eigenvalue weighted by Crippen LogP contribution is 2.27. The summed E-state index contributed by atoms with van der Waals surface area (Å²) in [6, 6.07) is 13.1. The van der Waals surface area contributed by atoms with Crippen molar-refractivity contribution in [3.8, 4) is 5.75 Å². The molecule has 1 heterocycles. The summed E-state index contributed by atoms with van der Waals surface area (Å²) in [4.78, 5) is 0. The first-order valence-corrected chi connectivity index (χ1v) is 7.60. The molecule has 0 aliphatic carbocycles. The van der Waals surface area contributed by atoms with Gasteiger partial charge in [-0.3, -0.25) is 5.41 Å². The number of halogens is 3. The largest absolute Gasteiger partial charge is 1.00 e. The van der Waals surface area contributed by atoms with Crippen LogP contribution in [0.25, 0.3) is 11.0 Å². The number of benzene rings is 2. The van der Waals surface area contributed by atoms with Gasteiger partial charge >= 0.3 is 0 Å². The minimum absolute atomic E-state index is 0. The molecule has 122 valence electrons. The van der Waals surface area contributed by atoms with E-state index in [1.54, 1.807) is 18.2 Å². The van der Waals surface area contributed by atoms with Gasteiger partial charge in [0, 0.05) is 12.1 Å². The molecule has 23 heavy (non-hydrogen) atoms. The summed E-state index contributed by atoms with van der Waals surface area (Å²) in [6.45, 7) is 0.991. The lowest BCUT2D eigenvalue weighted by Gasteiger charge is -2.09. The van der Waals surface area contributed by atoms with Gasteiger partial charge in [0.1, 0.15) is 12.4 Å². The van der Waals surface area contributed by atoms with Crippen LogP contribution < -0.4 is 27.3 Å². The van der Waals surface area contributed by atoms with E-state index in [-0.39, 0.29) is 17.0 Å². The van der Waals surface area contributed by atoms with Gasteiger partial charge in [-0.05, 0) is 30.3 Å². The Balaban J connectivity index is 0.00000192. The lowest BCUT2D eigenvalue weighted by atomic mass is 10.3. The van der Waals surface area contributed by atoms with E-state index in [1.165, 1.54) is 0 Å². The van der Waals surface area contributed by atoms with Gasteiger partial charge in [0.2, 0.25) is 5.62 Å². The summed E-state index contributed by atoms with van der Waals surface area (Å²) in [5.74, 6) is 0.596. The van der Waals surface area contributed by atoms with Crippen molar-refractivity contribution in [1.82, 2.24) is 9.13 Å². The van der Waals surface area contributed by atoms with E-state index >= 15 is 0 Å². The molecule has 3 aromatic rings. The second kappa shape index (κ2) is 7.43. The van der Waals surface area contributed by atoms with Crippen LogP contribution in [0.3, 0.4) is 0 Å². The average molecular weight is 416 g/mol. The zero-order valence-corrected chi connectivity index (χ0v) is 15.5. The third-order valence-corrected chi connectivity index (χ3v) is 4.10. The predicted octanol–water partition coefficient (Wildman–Crippen LogP) is 0.849. The van der Waals surface area contributed by atoms with Gasteiger partial charge in [0.25, 0.3) is 0 Å². The summed E-state index contributed by atoms with van der Waals surface area (Å²) in [5.41, 5.74) is 2.48. The molecule has 1 aromatic heterocycles. The SMILES string of the molecule is Cn1c(=N)n(CCOc2ccc(Cl)cc2Cl)c2ccccc21.[Br-]. The molecule has 0 saturated heterocycles. The number of aryl methyl sites for hydroxylation is 1. The first-order chi connectivity index (χ1) is 10.6. The maximum atomic E-state index is 8.20. The predicted molar refractivity (Wildman–Crippen MR) is 88.7 cm³/mol. The van der Waals surface area contributed by atoms with E-state index in [1.807, 2.05) is 40.4 Å². The van der Waals surface area contributed by atoms with Crippen molar-refractivity contribution >= 4 is 34.2 Å².